The molecule has 1 aliphatic rings. The lowest BCUT2D eigenvalue weighted by molar-refractivity contribution is 0.0800. The molecule has 0 aromatic carbocycles. The molecule has 1 fully saturated rings. The van der Waals surface area contributed by atoms with Gasteiger partial charge in [0.15, 0.2) is 0 Å². The van der Waals surface area contributed by atoms with Gasteiger partial charge in [-0.05, 0) is 39.7 Å². The van der Waals surface area contributed by atoms with Crippen LogP contribution in [0.15, 0.2) is 4.63 Å². The molecule has 2 unspecified atom stereocenters. The maximum absolute atomic E-state index is 9.53. The molecule has 5 heteroatoms. The topological polar surface area (TPSA) is 62.4 Å². The van der Waals surface area contributed by atoms with E-state index in [2.05, 4.69) is 15.2 Å². The zero-order valence-electron chi connectivity index (χ0n) is 10.6. The molecule has 5 nitrogen and oxygen atoms in total. The first-order valence-corrected chi connectivity index (χ1v) is 6.37. The van der Waals surface area contributed by atoms with Crippen molar-refractivity contribution in [3.63, 3.8) is 0 Å². The van der Waals surface area contributed by atoms with E-state index >= 15 is 0 Å². The number of hydrogen-bond acceptors (Lipinski definition) is 5. The van der Waals surface area contributed by atoms with Crippen LogP contribution in [0, 0.1) is 6.92 Å². The highest BCUT2D eigenvalue weighted by atomic mass is 16.6. The molecule has 1 aromatic heterocycles. The van der Waals surface area contributed by atoms with Crippen LogP contribution in [0.3, 0.4) is 0 Å². The van der Waals surface area contributed by atoms with Crippen molar-refractivity contribution in [1.29, 1.82) is 0 Å². The summed E-state index contributed by atoms with van der Waals surface area (Å²) in [6.45, 7) is 5.63. The molecule has 0 saturated carbocycles. The maximum Gasteiger partial charge on any atom is 0.122 e. The predicted octanol–water partition coefficient (Wildman–Crippen LogP) is 1.50. The Kier molecular flexibility index (Phi) is 4.12. The third kappa shape index (κ3) is 3.26. The van der Waals surface area contributed by atoms with Crippen molar-refractivity contribution in [3.05, 3.63) is 11.4 Å². The number of aromatic nitrogens is 2. The van der Waals surface area contributed by atoms with Gasteiger partial charge in [0.2, 0.25) is 0 Å². The van der Waals surface area contributed by atoms with Crippen molar-refractivity contribution >= 4 is 0 Å². The fourth-order valence-corrected chi connectivity index (χ4v) is 2.51. The lowest BCUT2D eigenvalue weighted by Gasteiger charge is -2.35. The summed E-state index contributed by atoms with van der Waals surface area (Å²) in [6.07, 6.45) is 4.24. The van der Waals surface area contributed by atoms with Crippen LogP contribution in [0.2, 0.25) is 0 Å². The molecule has 2 rings (SSSR count). The molecule has 0 spiro atoms. The molecule has 2 atom stereocenters. The smallest absolute Gasteiger partial charge is 0.122 e. The highest BCUT2D eigenvalue weighted by Gasteiger charge is 2.25. The molecule has 2 heterocycles. The molecule has 0 bridgehead atoms. The van der Waals surface area contributed by atoms with E-state index in [9.17, 15) is 5.11 Å². The molecule has 96 valence electrons. The molecule has 0 aliphatic carbocycles. The van der Waals surface area contributed by atoms with E-state index in [4.69, 9.17) is 4.63 Å². The van der Waals surface area contributed by atoms with Gasteiger partial charge in [0, 0.05) is 12.6 Å². The number of piperidine rings is 1. The Labute approximate surface area is 102 Å². The Morgan fingerprint density at radius 1 is 1.47 bits per heavy atom. The first-order chi connectivity index (χ1) is 8.16. The van der Waals surface area contributed by atoms with Gasteiger partial charge in [0.25, 0.3) is 0 Å². The second kappa shape index (κ2) is 5.60. The molecular formula is C12H21N3O2. The van der Waals surface area contributed by atoms with Crippen molar-refractivity contribution in [3.8, 4) is 0 Å². The van der Waals surface area contributed by atoms with E-state index in [1.165, 1.54) is 12.8 Å². The molecule has 1 aromatic rings. The SMILES string of the molecule is Cc1nonc1CN1CCCCC1CC(C)O. The van der Waals surface area contributed by atoms with Crippen LogP contribution >= 0.6 is 0 Å². The minimum absolute atomic E-state index is 0.239. The summed E-state index contributed by atoms with van der Waals surface area (Å²) < 4.78 is 4.73. The van der Waals surface area contributed by atoms with E-state index in [0.29, 0.717) is 6.04 Å². The lowest BCUT2D eigenvalue weighted by atomic mass is 9.97. The van der Waals surface area contributed by atoms with Gasteiger partial charge < -0.3 is 5.11 Å². The molecule has 17 heavy (non-hydrogen) atoms. The normalized spacial score (nSPS) is 23.8. The standard InChI is InChI=1S/C12H21N3O2/c1-9(16)7-11-5-3-4-6-15(11)8-12-10(2)13-17-14-12/h9,11,16H,3-8H2,1-2H3. The predicted molar refractivity (Wildman–Crippen MR) is 63.4 cm³/mol. The number of rotatable bonds is 4. The Bertz CT molecular complexity index is 351. The van der Waals surface area contributed by atoms with Crippen molar-refractivity contribution in [2.24, 2.45) is 0 Å². The monoisotopic (exact) mass is 239 g/mol. The summed E-state index contributed by atoms with van der Waals surface area (Å²) in [5.41, 5.74) is 1.79. The van der Waals surface area contributed by atoms with Gasteiger partial charge in [-0.15, -0.1) is 0 Å². The van der Waals surface area contributed by atoms with Crippen molar-refractivity contribution in [2.75, 3.05) is 6.54 Å². The fraction of sp³-hybridized carbons (Fsp3) is 0.833. The average molecular weight is 239 g/mol. The van der Waals surface area contributed by atoms with E-state index in [-0.39, 0.29) is 6.10 Å². The van der Waals surface area contributed by atoms with E-state index in [1.807, 2.05) is 13.8 Å². The zero-order valence-corrected chi connectivity index (χ0v) is 10.6. The molecule has 0 radical (unpaired) electrons. The largest absolute Gasteiger partial charge is 0.393 e. The molecule has 0 amide bonds. The van der Waals surface area contributed by atoms with E-state index < -0.39 is 0 Å². The number of aryl methyl sites for hydroxylation is 1. The molecule has 1 aliphatic heterocycles. The zero-order chi connectivity index (χ0) is 12.3. The quantitative estimate of drug-likeness (QED) is 0.862. The first-order valence-electron chi connectivity index (χ1n) is 6.37. The molecular weight excluding hydrogens is 218 g/mol. The van der Waals surface area contributed by atoms with Gasteiger partial charge in [0.05, 0.1) is 6.10 Å². The van der Waals surface area contributed by atoms with Crippen molar-refractivity contribution < 1.29 is 9.74 Å². The highest BCUT2D eigenvalue weighted by Crippen LogP contribution is 2.23. The summed E-state index contributed by atoms with van der Waals surface area (Å²) in [4.78, 5) is 2.39. The number of aliphatic hydroxyl groups excluding tert-OH is 1. The summed E-state index contributed by atoms with van der Waals surface area (Å²) in [5, 5.41) is 17.3. The van der Waals surface area contributed by atoms with Gasteiger partial charge in [-0.3, -0.25) is 4.90 Å². The van der Waals surface area contributed by atoms with Crippen LogP contribution in [0.1, 0.15) is 44.0 Å². The Balaban J connectivity index is 1.99. The number of aliphatic hydroxyl groups is 1. The lowest BCUT2D eigenvalue weighted by Crippen LogP contribution is -2.40. The maximum atomic E-state index is 9.53. The Hall–Kier alpha value is -0.940. The molecule has 1 N–H and O–H groups in total. The van der Waals surface area contributed by atoms with Crippen LogP contribution in [-0.2, 0) is 6.54 Å². The van der Waals surface area contributed by atoms with E-state index in [1.54, 1.807) is 0 Å². The average Bonchev–Trinajstić information content (AvgIpc) is 2.67. The van der Waals surface area contributed by atoms with Crippen LogP contribution in [0.5, 0.6) is 0 Å². The first kappa shape index (κ1) is 12.5. The number of nitrogens with zero attached hydrogens (tertiary/aromatic N) is 3. The van der Waals surface area contributed by atoms with Crippen molar-refractivity contribution in [1.82, 2.24) is 15.2 Å². The van der Waals surface area contributed by atoms with Gasteiger partial charge in [0.1, 0.15) is 11.4 Å². The van der Waals surface area contributed by atoms with Gasteiger partial charge in [-0.2, -0.15) is 0 Å². The van der Waals surface area contributed by atoms with Gasteiger partial charge in [-0.1, -0.05) is 16.7 Å². The summed E-state index contributed by atoms with van der Waals surface area (Å²) in [6, 6.07) is 0.458. The van der Waals surface area contributed by atoms with Crippen molar-refractivity contribution in [2.45, 2.75) is 58.2 Å². The van der Waals surface area contributed by atoms with Crippen LogP contribution in [0.4, 0.5) is 0 Å². The van der Waals surface area contributed by atoms with Gasteiger partial charge >= 0.3 is 0 Å². The fourth-order valence-electron chi connectivity index (χ4n) is 2.51. The summed E-state index contributed by atoms with van der Waals surface area (Å²) in [5.74, 6) is 0. The highest BCUT2D eigenvalue weighted by molar-refractivity contribution is 5.04. The summed E-state index contributed by atoms with van der Waals surface area (Å²) >= 11 is 0. The number of hydrogen-bond donors (Lipinski definition) is 1. The van der Waals surface area contributed by atoms with Crippen LogP contribution in [-0.4, -0.2) is 39.0 Å². The Morgan fingerprint density at radius 2 is 2.29 bits per heavy atom. The minimum atomic E-state index is -0.239. The van der Waals surface area contributed by atoms with Crippen LogP contribution in [0.25, 0.3) is 0 Å². The second-order valence-corrected chi connectivity index (χ2v) is 5.00. The Morgan fingerprint density at radius 3 is 2.94 bits per heavy atom. The van der Waals surface area contributed by atoms with E-state index in [0.717, 1.165) is 37.3 Å². The third-order valence-electron chi connectivity index (χ3n) is 3.46. The van der Waals surface area contributed by atoms with Crippen LogP contribution < -0.4 is 0 Å². The molecule has 1 saturated heterocycles. The van der Waals surface area contributed by atoms with Gasteiger partial charge in [-0.25, -0.2) is 4.63 Å². The minimum Gasteiger partial charge on any atom is -0.393 e. The number of likely N-dealkylation sites (tertiary alicyclic amines) is 1. The third-order valence-corrected chi connectivity index (χ3v) is 3.46. The second-order valence-electron chi connectivity index (χ2n) is 5.00. The summed E-state index contributed by atoms with van der Waals surface area (Å²) in [7, 11) is 0.